The van der Waals surface area contributed by atoms with E-state index in [1.54, 1.807) is 17.6 Å². The molecule has 92 valence electrons. The maximum Gasteiger partial charge on any atom is 0.161 e. The molecule has 0 bridgehead atoms. The van der Waals surface area contributed by atoms with Crippen molar-refractivity contribution in [2.45, 2.75) is 6.92 Å². The fourth-order valence-electron chi connectivity index (χ4n) is 1.82. The first-order chi connectivity index (χ1) is 8.83. The van der Waals surface area contributed by atoms with Gasteiger partial charge in [0.05, 0.1) is 10.7 Å². The molecule has 3 rings (SSSR count). The molecule has 1 aromatic carbocycles. The summed E-state index contributed by atoms with van der Waals surface area (Å²) in [5.74, 6) is 0.794. The zero-order valence-corrected chi connectivity index (χ0v) is 10.9. The summed E-state index contributed by atoms with van der Waals surface area (Å²) in [7, 11) is 0. The molecule has 0 N–H and O–H groups in total. The van der Waals surface area contributed by atoms with Crippen LogP contribution in [0.5, 0.6) is 0 Å². The zero-order valence-electron chi connectivity index (χ0n) is 10.1. The van der Waals surface area contributed by atoms with E-state index in [4.69, 9.17) is 9.47 Å². The summed E-state index contributed by atoms with van der Waals surface area (Å²) in [4.78, 5) is 4.47. The van der Waals surface area contributed by atoms with E-state index in [-0.39, 0.29) is 0 Å². The van der Waals surface area contributed by atoms with Crippen LogP contribution in [0.15, 0.2) is 35.9 Å². The Bertz CT molecular complexity index is 572. The molecule has 3 nitrogen and oxygen atoms in total. The lowest BCUT2D eigenvalue weighted by Gasteiger charge is -2.15. The Morgan fingerprint density at radius 3 is 2.50 bits per heavy atom. The lowest BCUT2D eigenvalue weighted by Crippen LogP contribution is -2.07. The monoisotopic (exact) mass is 259 g/mol. The minimum Gasteiger partial charge on any atom is -0.494 e. The first-order valence-electron chi connectivity index (χ1n) is 5.80. The van der Waals surface area contributed by atoms with E-state index in [0.717, 1.165) is 27.6 Å². The predicted molar refractivity (Wildman–Crippen MR) is 72.2 cm³/mol. The second kappa shape index (κ2) is 4.82. The molecule has 2 aromatic rings. The van der Waals surface area contributed by atoms with Crippen molar-refractivity contribution >= 4 is 17.1 Å². The first kappa shape index (κ1) is 11.3. The highest BCUT2D eigenvalue weighted by Crippen LogP contribution is 2.25. The predicted octanol–water partition coefficient (Wildman–Crippen LogP) is 3.46. The Labute approximate surface area is 110 Å². The third-order valence-corrected chi connectivity index (χ3v) is 3.51. The minimum absolute atomic E-state index is 0.610. The normalized spacial score (nSPS) is 14.6. The van der Waals surface area contributed by atoms with Crippen LogP contribution < -0.4 is 0 Å². The Balaban J connectivity index is 1.87. The maximum atomic E-state index is 5.54. The molecule has 18 heavy (non-hydrogen) atoms. The average Bonchev–Trinajstić information content (AvgIpc) is 2.87. The number of benzene rings is 1. The fourth-order valence-corrected chi connectivity index (χ4v) is 2.44. The van der Waals surface area contributed by atoms with Gasteiger partial charge in [-0.2, -0.15) is 0 Å². The van der Waals surface area contributed by atoms with Gasteiger partial charge in [-0.05, 0) is 6.92 Å². The van der Waals surface area contributed by atoms with E-state index in [1.165, 1.54) is 0 Å². The Kier molecular flexibility index (Phi) is 3.02. The number of aromatic nitrogens is 1. The smallest absolute Gasteiger partial charge is 0.161 e. The van der Waals surface area contributed by atoms with Crippen molar-refractivity contribution in [2.75, 3.05) is 13.2 Å². The van der Waals surface area contributed by atoms with Gasteiger partial charge in [-0.3, -0.25) is 0 Å². The van der Waals surface area contributed by atoms with E-state index >= 15 is 0 Å². The molecule has 0 saturated carbocycles. The summed E-state index contributed by atoms with van der Waals surface area (Å²) in [5, 5.41) is 3.16. The summed E-state index contributed by atoms with van der Waals surface area (Å²) < 4.78 is 10.8. The van der Waals surface area contributed by atoms with Gasteiger partial charge in [-0.15, -0.1) is 11.3 Å². The topological polar surface area (TPSA) is 31.4 Å². The van der Waals surface area contributed by atoms with E-state index < -0.39 is 0 Å². The summed E-state index contributed by atoms with van der Waals surface area (Å²) in [6.07, 6.45) is 1.67. The average molecular weight is 259 g/mol. The van der Waals surface area contributed by atoms with Crippen LogP contribution in [0.1, 0.15) is 10.6 Å². The standard InChI is InChI=1S/C14H13NO2S/c1-10-15-13(9-18-10)11-2-4-12(5-3-11)14-8-16-6-7-17-14/h2-5,8-9H,6-7H2,1H3. The van der Waals surface area contributed by atoms with Crippen molar-refractivity contribution in [1.82, 2.24) is 4.98 Å². The van der Waals surface area contributed by atoms with E-state index in [2.05, 4.69) is 22.5 Å². The van der Waals surface area contributed by atoms with E-state index in [1.807, 2.05) is 19.1 Å². The summed E-state index contributed by atoms with van der Waals surface area (Å²) in [5.41, 5.74) is 3.18. The highest BCUT2D eigenvalue weighted by molar-refractivity contribution is 7.09. The molecular weight excluding hydrogens is 246 g/mol. The molecule has 0 amide bonds. The van der Waals surface area contributed by atoms with Gasteiger partial charge in [0, 0.05) is 16.5 Å². The molecule has 0 aliphatic carbocycles. The largest absolute Gasteiger partial charge is 0.494 e. The van der Waals surface area contributed by atoms with Crippen LogP contribution >= 0.6 is 11.3 Å². The quantitative estimate of drug-likeness (QED) is 0.827. The van der Waals surface area contributed by atoms with Gasteiger partial charge in [-0.25, -0.2) is 4.98 Å². The maximum absolute atomic E-state index is 5.54. The number of hydrogen-bond donors (Lipinski definition) is 0. The van der Waals surface area contributed by atoms with Crippen LogP contribution in [-0.2, 0) is 9.47 Å². The number of ether oxygens (including phenoxy) is 2. The van der Waals surface area contributed by atoms with Crippen LogP contribution in [0.3, 0.4) is 0 Å². The lowest BCUT2D eigenvalue weighted by molar-refractivity contribution is 0.125. The van der Waals surface area contributed by atoms with E-state index in [0.29, 0.717) is 13.2 Å². The second-order valence-corrected chi connectivity index (χ2v) is 5.09. The summed E-state index contributed by atoms with van der Waals surface area (Å²) in [6, 6.07) is 8.18. The number of nitrogens with zero attached hydrogens (tertiary/aromatic N) is 1. The molecule has 2 heterocycles. The number of hydrogen-bond acceptors (Lipinski definition) is 4. The molecule has 0 radical (unpaired) electrons. The molecule has 0 saturated heterocycles. The third-order valence-electron chi connectivity index (χ3n) is 2.73. The Morgan fingerprint density at radius 2 is 1.89 bits per heavy atom. The molecule has 0 fully saturated rings. The van der Waals surface area contributed by atoms with Crippen LogP contribution in [-0.4, -0.2) is 18.2 Å². The molecule has 1 aromatic heterocycles. The van der Waals surface area contributed by atoms with Gasteiger partial charge in [0.15, 0.2) is 5.76 Å². The van der Waals surface area contributed by atoms with Crippen LogP contribution in [0.2, 0.25) is 0 Å². The molecule has 0 unspecified atom stereocenters. The van der Waals surface area contributed by atoms with Crippen molar-refractivity contribution in [1.29, 1.82) is 0 Å². The summed E-state index contributed by atoms with van der Waals surface area (Å²) in [6.45, 7) is 3.25. The first-order valence-corrected chi connectivity index (χ1v) is 6.68. The zero-order chi connectivity index (χ0) is 12.4. The van der Waals surface area contributed by atoms with Crippen LogP contribution in [0.25, 0.3) is 17.0 Å². The Morgan fingerprint density at radius 1 is 1.11 bits per heavy atom. The fraction of sp³-hybridized carbons (Fsp3) is 0.214. The van der Waals surface area contributed by atoms with Crippen molar-refractivity contribution in [3.8, 4) is 11.3 Å². The second-order valence-electron chi connectivity index (χ2n) is 4.03. The molecule has 1 aliphatic heterocycles. The highest BCUT2D eigenvalue weighted by Gasteiger charge is 2.09. The van der Waals surface area contributed by atoms with Gasteiger partial charge < -0.3 is 9.47 Å². The Hall–Kier alpha value is -1.81. The number of thiazole rings is 1. The third kappa shape index (κ3) is 2.24. The van der Waals surface area contributed by atoms with Crippen molar-refractivity contribution in [3.63, 3.8) is 0 Å². The van der Waals surface area contributed by atoms with Gasteiger partial charge in [0.2, 0.25) is 0 Å². The van der Waals surface area contributed by atoms with Crippen molar-refractivity contribution in [2.24, 2.45) is 0 Å². The molecule has 0 spiro atoms. The molecule has 4 heteroatoms. The number of aryl methyl sites for hydroxylation is 1. The van der Waals surface area contributed by atoms with Gasteiger partial charge in [-0.1, -0.05) is 24.3 Å². The molecule has 1 aliphatic rings. The minimum atomic E-state index is 0.610. The van der Waals surface area contributed by atoms with Crippen LogP contribution in [0.4, 0.5) is 0 Å². The molecular formula is C14H13NO2S. The highest BCUT2D eigenvalue weighted by atomic mass is 32.1. The van der Waals surface area contributed by atoms with Gasteiger partial charge >= 0.3 is 0 Å². The van der Waals surface area contributed by atoms with Gasteiger partial charge in [0.25, 0.3) is 0 Å². The summed E-state index contributed by atoms with van der Waals surface area (Å²) >= 11 is 1.66. The van der Waals surface area contributed by atoms with Crippen molar-refractivity contribution in [3.05, 3.63) is 46.5 Å². The van der Waals surface area contributed by atoms with E-state index in [9.17, 15) is 0 Å². The van der Waals surface area contributed by atoms with Gasteiger partial charge in [0.1, 0.15) is 19.5 Å². The number of rotatable bonds is 2. The lowest BCUT2D eigenvalue weighted by atomic mass is 10.1. The van der Waals surface area contributed by atoms with Crippen molar-refractivity contribution < 1.29 is 9.47 Å². The molecule has 0 atom stereocenters. The van der Waals surface area contributed by atoms with Crippen LogP contribution in [0, 0.1) is 6.92 Å². The SMILES string of the molecule is Cc1nc(-c2ccc(C3=COCCO3)cc2)cs1.